The highest BCUT2D eigenvalue weighted by Crippen LogP contribution is 2.23. The molecule has 1 aromatic heterocycles. The van der Waals surface area contributed by atoms with Crippen LogP contribution >= 0.6 is 11.6 Å². The molecule has 1 saturated heterocycles. The number of rotatable bonds is 8. The van der Waals surface area contributed by atoms with Crippen molar-refractivity contribution >= 4 is 28.3 Å². The van der Waals surface area contributed by atoms with E-state index in [1.165, 1.54) is 16.3 Å². The van der Waals surface area contributed by atoms with Gasteiger partial charge in [-0.05, 0) is 72.3 Å². The van der Waals surface area contributed by atoms with Crippen LogP contribution in [0.5, 0.6) is 0 Å². The van der Waals surface area contributed by atoms with Gasteiger partial charge in [0.25, 0.3) is 0 Å². The first kappa shape index (κ1) is 24.5. The van der Waals surface area contributed by atoms with E-state index in [2.05, 4.69) is 69.7 Å². The van der Waals surface area contributed by atoms with Crippen molar-refractivity contribution in [3.63, 3.8) is 0 Å². The van der Waals surface area contributed by atoms with Crippen LogP contribution in [0.4, 0.5) is 0 Å². The number of amides is 1. The van der Waals surface area contributed by atoms with Crippen LogP contribution in [-0.4, -0.2) is 40.6 Å². The molecule has 2 unspecified atom stereocenters. The van der Waals surface area contributed by atoms with Crippen molar-refractivity contribution in [1.82, 2.24) is 20.4 Å². The first-order valence-corrected chi connectivity index (χ1v) is 13.0. The third kappa shape index (κ3) is 5.94. The second-order valence-electron chi connectivity index (χ2n) is 9.79. The number of likely N-dealkylation sites (tertiary alicyclic amines) is 1. The molecule has 186 valence electrons. The predicted octanol–water partition coefficient (Wildman–Crippen LogP) is 5.75. The second-order valence-corrected chi connectivity index (χ2v) is 10.2. The molecule has 3 aromatic carbocycles. The lowest BCUT2D eigenvalue weighted by atomic mass is 9.94. The number of benzene rings is 3. The maximum atomic E-state index is 13.0. The van der Waals surface area contributed by atoms with E-state index in [9.17, 15) is 4.79 Å². The fourth-order valence-corrected chi connectivity index (χ4v) is 5.10. The van der Waals surface area contributed by atoms with Crippen LogP contribution in [0.1, 0.15) is 31.2 Å². The van der Waals surface area contributed by atoms with Gasteiger partial charge in [0, 0.05) is 23.7 Å². The molecule has 0 saturated carbocycles. The van der Waals surface area contributed by atoms with Gasteiger partial charge in [0.05, 0.1) is 12.5 Å². The summed E-state index contributed by atoms with van der Waals surface area (Å²) >= 11 is 5.97. The van der Waals surface area contributed by atoms with Crippen LogP contribution in [0.25, 0.3) is 22.2 Å². The lowest BCUT2D eigenvalue weighted by Gasteiger charge is -2.31. The van der Waals surface area contributed by atoms with Gasteiger partial charge in [-0.3, -0.25) is 9.69 Å². The highest BCUT2D eigenvalue weighted by molar-refractivity contribution is 6.30. The lowest BCUT2D eigenvalue weighted by Crippen LogP contribution is -2.43. The van der Waals surface area contributed by atoms with Gasteiger partial charge in [-0.1, -0.05) is 66.1 Å². The highest BCUT2D eigenvalue weighted by Gasteiger charge is 2.27. The van der Waals surface area contributed by atoms with E-state index in [1.807, 2.05) is 24.3 Å². The van der Waals surface area contributed by atoms with Crippen LogP contribution in [0.3, 0.4) is 0 Å². The van der Waals surface area contributed by atoms with E-state index in [0.717, 1.165) is 31.4 Å². The zero-order chi connectivity index (χ0) is 24.9. The third-order valence-corrected chi connectivity index (χ3v) is 7.13. The summed E-state index contributed by atoms with van der Waals surface area (Å²) in [6.07, 6.45) is 2.81. The molecule has 1 N–H and O–H groups in total. The monoisotopic (exact) mass is 502 g/mol. The number of hydrogen-bond acceptors (Lipinski definition) is 5. The largest absolute Gasteiger partial charge is 0.356 e. The average molecular weight is 503 g/mol. The molecule has 7 heteroatoms. The minimum absolute atomic E-state index is 0.0258. The number of aromatic nitrogens is 2. The number of nitrogens with zero attached hydrogens (tertiary/aromatic N) is 3. The number of nitrogens with one attached hydrogen (secondary N) is 1. The normalized spacial score (nSPS) is 17.2. The molecule has 2 atom stereocenters. The van der Waals surface area contributed by atoms with Crippen molar-refractivity contribution in [2.24, 2.45) is 11.8 Å². The lowest BCUT2D eigenvalue weighted by molar-refractivity contribution is -0.127. The molecule has 4 aromatic rings. The number of halogens is 1. The molecule has 0 radical (unpaired) electrons. The Balaban J connectivity index is 1.12. The van der Waals surface area contributed by atoms with Crippen LogP contribution in [0, 0.1) is 11.8 Å². The fraction of sp³-hybridized carbons (Fsp3) is 0.345. The molecular weight excluding hydrogens is 472 g/mol. The van der Waals surface area contributed by atoms with Gasteiger partial charge < -0.3 is 9.84 Å². The Bertz CT molecular complexity index is 1320. The van der Waals surface area contributed by atoms with Gasteiger partial charge in [0.15, 0.2) is 0 Å². The van der Waals surface area contributed by atoms with E-state index in [0.29, 0.717) is 42.3 Å². The van der Waals surface area contributed by atoms with Gasteiger partial charge in [-0.25, -0.2) is 0 Å². The zero-order valence-electron chi connectivity index (χ0n) is 20.5. The molecule has 0 spiro atoms. The van der Waals surface area contributed by atoms with Gasteiger partial charge in [-0.2, -0.15) is 4.98 Å². The Hall–Kier alpha value is -3.22. The smallest absolute Gasteiger partial charge is 0.241 e. The van der Waals surface area contributed by atoms with Crippen LogP contribution in [0.2, 0.25) is 5.02 Å². The topological polar surface area (TPSA) is 71.3 Å². The average Bonchev–Trinajstić information content (AvgIpc) is 3.36. The number of hydrogen-bond donors (Lipinski definition) is 1. The van der Waals surface area contributed by atoms with E-state index in [1.54, 1.807) is 0 Å². The zero-order valence-corrected chi connectivity index (χ0v) is 21.2. The van der Waals surface area contributed by atoms with Gasteiger partial charge in [0.2, 0.25) is 17.6 Å². The Kier molecular flexibility index (Phi) is 7.63. The van der Waals surface area contributed by atoms with Crippen molar-refractivity contribution in [3.8, 4) is 11.4 Å². The molecule has 1 amide bonds. The second kappa shape index (κ2) is 11.2. The summed E-state index contributed by atoms with van der Waals surface area (Å²) in [5, 5.41) is 10.5. The van der Waals surface area contributed by atoms with Crippen LogP contribution in [0.15, 0.2) is 71.3 Å². The number of piperidine rings is 1. The summed E-state index contributed by atoms with van der Waals surface area (Å²) in [5.41, 5.74) is 2.19. The SMILES string of the molecule is CC(CNC(=O)C1CCCN(Cc2nc(-c3ccc(Cl)cc3)no2)C1)Cc1cccc2ccccc12. The molecule has 2 heterocycles. The summed E-state index contributed by atoms with van der Waals surface area (Å²) in [4.78, 5) is 19.7. The number of fused-ring (bicyclic) bond motifs is 1. The summed E-state index contributed by atoms with van der Waals surface area (Å²) in [7, 11) is 0. The molecule has 36 heavy (non-hydrogen) atoms. The van der Waals surface area contributed by atoms with E-state index in [-0.39, 0.29) is 11.8 Å². The molecule has 0 bridgehead atoms. The Morgan fingerprint density at radius 1 is 1.14 bits per heavy atom. The van der Waals surface area contributed by atoms with E-state index < -0.39 is 0 Å². The minimum Gasteiger partial charge on any atom is -0.356 e. The van der Waals surface area contributed by atoms with Gasteiger partial charge >= 0.3 is 0 Å². The summed E-state index contributed by atoms with van der Waals surface area (Å²) in [6.45, 7) is 5.03. The number of carbonyl (C=O) groups excluding carboxylic acids is 1. The summed E-state index contributed by atoms with van der Waals surface area (Å²) < 4.78 is 5.48. The fourth-order valence-electron chi connectivity index (χ4n) is 4.98. The van der Waals surface area contributed by atoms with E-state index >= 15 is 0 Å². The van der Waals surface area contributed by atoms with Crippen molar-refractivity contribution in [2.75, 3.05) is 19.6 Å². The molecular formula is C29H31ClN4O2. The molecule has 0 aliphatic carbocycles. The Morgan fingerprint density at radius 2 is 1.94 bits per heavy atom. The standard InChI is InChI=1S/C29H31ClN4O2/c1-20(16-23-8-4-7-21-6-2-3-10-26(21)23)17-31-29(35)24-9-5-15-34(18-24)19-27-32-28(33-36-27)22-11-13-25(30)14-12-22/h2-4,6-8,10-14,20,24H,5,9,15-19H2,1H3,(H,31,35). The molecule has 1 aliphatic rings. The van der Waals surface area contributed by atoms with Crippen molar-refractivity contribution in [2.45, 2.75) is 32.7 Å². The highest BCUT2D eigenvalue weighted by atomic mass is 35.5. The van der Waals surface area contributed by atoms with Crippen molar-refractivity contribution in [3.05, 3.63) is 83.2 Å². The maximum absolute atomic E-state index is 13.0. The predicted molar refractivity (Wildman–Crippen MR) is 143 cm³/mol. The molecule has 1 aliphatic heterocycles. The molecule has 5 rings (SSSR count). The third-order valence-electron chi connectivity index (χ3n) is 6.88. The van der Waals surface area contributed by atoms with Crippen LogP contribution < -0.4 is 5.32 Å². The molecule has 1 fully saturated rings. The summed E-state index contributed by atoms with van der Waals surface area (Å²) in [5.74, 6) is 1.57. The Morgan fingerprint density at radius 3 is 2.81 bits per heavy atom. The van der Waals surface area contributed by atoms with Crippen LogP contribution in [-0.2, 0) is 17.8 Å². The summed E-state index contributed by atoms with van der Waals surface area (Å²) in [6, 6.07) is 22.3. The van der Waals surface area contributed by atoms with Gasteiger partial charge in [0.1, 0.15) is 0 Å². The minimum atomic E-state index is -0.0258. The Labute approximate surface area is 216 Å². The van der Waals surface area contributed by atoms with Crippen molar-refractivity contribution < 1.29 is 9.32 Å². The van der Waals surface area contributed by atoms with E-state index in [4.69, 9.17) is 16.1 Å². The van der Waals surface area contributed by atoms with Gasteiger partial charge in [-0.15, -0.1) is 0 Å². The van der Waals surface area contributed by atoms with Crippen molar-refractivity contribution in [1.29, 1.82) is 0 Å². The first-order chi connectivity index (χ1) is 17.5. The quantitative estimate of drug-likeness (QED) is 0.332. The molecule has 6 nitrogen and oxygen atoms in total. The maximum Gasteiger partial charge on any atom is 0.241 e. The number of carbonyl (C=O) groups is 1. The first-order valence-electron chi connectivity index (χ1n) is 12.6.